The molecular formula is C39H38ClN7O6S. The van der Waals surface area contributed by atoms with Crippen LogP contribution in [0.1, 0.15) is 110 Å². The highest BCUT2D eigenvalue weighted by molar-refractivity contribution is 7.15. The molecule has 7 rings (SSSR count). The van der Waals surface area contributed by atoms with Crippen LogP contribution < -0.4 is 10.6 Å². The minimum atomic E-state index is -1.08. The number of ketones is 1. The lowest BCUT2D eigenvalue weighted by Crippen LogP contribution is -2.54. The zero-order chi connectivity index (χ0) is 38.3. The van der Waals surface area contributed by atoms with E-state index >= 15 is 0 Å². The van der Waals surface area contributed by atoms with Crippen LogP contribution in [0.5, 0.6) is 0 Å². The molecule has 5 heterocycles. The number of nitrogens with one attached hydrogen (secondary N) is 2. The maximum Gasteiger partial charge on any atom is 0.262 e. The quantitative estimate of drug-likeness (QED) is 0.148. The second-order valence-corrected chi connectivity index (χ2v) is 15.4. The van der Waals surface area contributed by atoms with E-state index in [9.17, 15) is 28.8 Å². The summed E-state index contributed by atoms with van der Waals surface area (Å²) in [4.78, 5) is 84.0. The molecule has 3 aliphatic rings. The number of benzene rings is 2. The summed E-state index contributed by atoms with van der Waals surface area (Å²) in [5.41, 5.74) is 4.45. The molecule has 0 aliphatic carbocycles. The first kappa shape index (κ1) is 37.0. The third-order valence-corrected chi connectivity index (χ3v) is 11.6. The predicted octanol–water partition coefficient (Wildman–Crippen LogP) is 5.08. The van der Waals surface area contributed by atoms with Gasteiger partial charge in [0, 0.05) is 46.8 Å². The molecule has 2 N–H and O–H groups in total. The van der Waals surface area contributed by atoms with E-state index < -0.39 is 35.7 Å². The Labute approximate surface area is 320 Å². The molecular weight excluding hydrogens is 730 g/mol. The lowest BCUT2D eigenvalue weighted by Gasteiger charge is -2.27. The fraction of sp³-hybridized carbons (Fsp3) is 0.359. The topological polar surface area (TPSA) is 173 Å². The van der Waals surface area contributed by atoms with Gasteiger partial charge in [0.1, 0.15) is 28.7 Å². The number of thiophene rings is 1. The van der Waals surface area contributed by atoms with E-state index in [2.05, 4.69) is 34.7 Å². The molecule has 1 saturated heterocycles. The fourth-order valence-corrected chi connectivity index (χ4v) is 8.61. The summed E-state index contributed by atoms with van der Waals surface area (Å²) in [7, 11) is 0. The molecule has 5 amide bonds. The van der Waals surface area contributed by atoms with Gasteiger partial charge in [-0.25, -0.2) is 0 Å². The zero-order valence-electron chi connectivity index (χ0n) is 30.0. The molecule has 13 nitrogen and oxygen atoms in total. The van der Waals surface area contributed by atoms with E-state index in [0.29, 0.717) is 48.6 Å². The number of unbranched alkanes of at least 4 members (excludes halogenated alkanes) is 2. The van der Waals surface area contributed by atoms with Gasteiger partial charge < -0.3 is 5.32 Å². The van der Waals surface area contributed by atoms with Gasteiger partial charge in [0.15, 0.2) is 5.82 Å². The van der Waals surface area contributed by atoms with Crippen molar-refractivity contribution in [2.75, 3.05) is 6.54 Å². The Morgan fingerprint density at radius 1 is 0.963 bits per heavy atom. The number of aliphatic imine (C=N–C) groups is 1. The molecule has 1 fully saturated rings. The number of aromatic nitrogens is 3. The van der Waals surface area contributed by atoms with Crippen LogP contribution in [0.4, 0.5) is 0 Å². The summed E-state index contributed by atoms with van der Waals surface area (Å²) < 4.78 is 2.03. The van der Waals surface area contributed by atoms with E-state index in [1.54, 1.807) is 23.5 Å². The Morgan fingerprint density at radius 3 is 2.50 bits per heavy atom. The van der Waals surface area contributed by atoms with E-state index in [1.165, 1.54) is 10.9 Å². The Bertz CT molecular complexity index is 2260. The second kappa shape index (κ2) is 15.2. The summed E-state index contributed by atoms with van der Waals surface area (Å²) in [6, 6.07) is 10.7. The highest BCUT2D eigenvalue weighted by Crippen LogP contribution is 2.40. The summed E-state index contributed by atoms with van der Waals surface area (Å²) in [5, 5.41) is 15.5. The number of fused-ring (bicyclic) bond motifs is 4. The number of piperidine rings is 1. The largest absolute Gasteiger partial charge is 0.356 e. The van der Waals surface area contributed by atoms with E-state index in [1.807, 2.05) is 35.8 Å². The molecule has 1 unspecified atom stereocenters. The predicted molar refractivity (Wildman–Crippen MR) is 201 cm³/mol. The smallest absolute Gasteiger partial charge is 0.262 e. The molecule has 0 bridgehead atoms. The van der Waals surface area contributed by atoms with Gasteiger partial charge in [0.25, 0.3) is 11.8 Å². The molecule has 4 aromatic rings. The molecule has 3 aliphatic heterocycles. The van der Waals surface area contributed by atoms with Gasteiger partial charge in [0.2, 0.25) is 17.7 Å². The molecule has 278 valence electrons. The van der Waals surface area contributed by atoms with Gasteiger partial charge >= 0.3 is 0 Å². The van der Waals surface area contributed by atoms with Crippen LogP contribution in [0.15, 0.2) is 47.5 Å². The number of rotatable bonds is 12. The summed E-state index contributed by atoms with van der Waals surface area (Å²) >= 11 is 7.87. The van der Waals surface area contributed by atoms with Gasteiger partial charge in [-0.2, -0.15) is 0 Å². The Morgan fingerprint density at radius 2 is 1.74 bits per heavy atom. The SMILES string of the molecule is Cc1sc2c(c1C)C(c1ccc(Cl)cc1)=N[C@@H](CC(=O)CCCCCNC(=O)Cc1cccc3c1C(=O)N(C1CCC(=O)NC1=O)C3=O)c1nnc(C)n1-2. The standard InChI is InChI=1S/C39H38ClN7O6S/c1-20-21(2)54-39-32(20)34(23-11-13-25(40)14-12-23)42-28(35-45-44-22(3)46(35)39)19-26(48)9-5-4-6-17-41-31(50)18-24-8-7-10-27-33(24)38(53)47(37(27)52)29-15-16-30(49)43-36(29)51/h7-8,10-14,28-29H,4-6,9,15-19H2,1-3H3,(H,41,50)(H,43,49,51)/t28-,29?/m0/s1. The average Bonchev–Trinajstić information content (AvgIpc) is 3.71. The van der Waals surface area contributed by atoms with Gasteiger partial charge in [-0.1, -0.05) is 42.3 Å². The molecule has 2 aromatic carbocycles. The van der Waals surface area contributed by atoms with Crippen molar-refractivity contribution in [3.05, 3.63) is 97.4 Å². The highest BCUT2D eigenvalue weighted by Gasteiger charge is 2.45. The number of carbonyl (C=O) groups excluding carboxylic acids is 6. The van der Waals surface area contributed by atoms with E-state index in [-0.39, 0.29) is 48.5 Å². The van der Waals surface area contributed by atoms with Gasteiger partial charge in [-0.3, -0.25) is 48.5 Å². The first-order valence-corrected chi connectivity index (χ1v) is 19.1. The van der Waals surface area contributed by atoms with Crippen molar-refractivity contribution >= 4 is 64.0 Å². The summed E-state index contributed by atoms with van der Waals surface area (Å²) in [5.74, 6) is -1.31. The Kier molecular flexibility index (Phi) is 10.4. The summed E-state index contributed by atoms with van der Waals surface area (Å²) in [6.45, 7) is 6.44. The van der Waals surface area contributed by atoms with E-state index in [0.717, 1.165) is 38.1 Å². The van der Waals surface area contributed by atoms with Crippen molar-refractivity contribution in [1.29, 1.82) is 0 Å². The third-order valence-electron chi connectivity index (χ3n) is 10.1. The molecule has 2 atom stereocenters. The highest BCUT2D eigenvalue weighted by atomic mass is 35.5. The normalized spacial score (nSPS) is 17.8. The van der Waals surface area contributed by atoms with Crippen molar-refractivity contribution in [3.63, 3.8) is 0 Å². The molecule has 2 aromatic heterocycles. The fourth-order valence-electron chi connectivity index (χ4n) is 7.27. The average molecular weight is 768 g/mol. The van der Waals surface area contributed by atoms with Crippen LogP contribution in [0, 0.1) is 20.8 Å². The van der Waals surface area contributed by atoms with E-state index in [4.69, 9.17) is 16.6 Å². The van der Waals surface area contributed by atoms with Crippen LogP contribution in [-0.4, -0.2) is 73.3 Å². The van der Waals surface area contributed by atoms with Crippen LogP contribution in [0.3, 0.4) is 0 Å². The van der Waals surface area contributed by atoms with Crippen LogP contribution >= 0.6 is 22.9 Å². The zero-order valence-corrected chi connectivity index (χ0v) is 31.6. The van der Waals surface area contributed by atoms with Gasteiger partial charge in [-0.05, 0) is 69.4 Å². The van der Waals surface area contributed by atoms with Crippen LogP contribution in [-0.2, 0) is 25.6 Å². The van der Waals surface area contributed by atoms with Crippen molar-refractivity contribution in [2.45, 2.75) is 84.2 Å². The summed E-state index contributed by atoms with van der Waals surface area (Å²) in [6.07, 6.45) is 2.44. The van der Waals surface area contributed by atoms with Crippen LogP contribution in [0.25, 0.3) is 5.00 Å². The number of Topliss-reactive ketones (excluding diaryl/α,β-unsaturated/α-hetero) is 1. The van der Waals surface area contributed by atoms with Crippen molar-refractivity contribution in [3.8, 4) is 5.00 Å². The molecule has 0 saturated carbocycles. The minimum absolute atomic E-state index is 0.0218. The number of hydrogen-bond donors (Lipinski definition) is 2. The van der Waals surface area contributed by atoms with Crippen molar-refractivity contribution in [1.82, 2.24) is 30.3 Å². The number of imide groups is 2. The number of nitrogens with zero attached hydrogens (tertiary/aromatic N) is 5. The minimum Gasteiger partial charge on any atom is -0.356 e. The lowest BCUT2D eigenvalue weighted by atomic mass is 9.99. The Balaban J connectivity index is 0.935. The number of carbonyl (C=O) groups is 6. The molecule has 15 heteroatoms. The van der Waals surface area contributed by atoms with Gasteiger partial charge in [-0.15, -0.1) is 21.5 Å². The number of aryl methyl sites for hydroxylation is 2. The molecule has 0 spiro atoms. The van der Waals surface area contributed by atoms with Crippen LogP contribution in [0.2, 0.25) is 5.02 Å². The van der Waals surface area contributed by atoms with Crippen molar-refractivity contribution < 1.29 is 28.8 Å². The lowest BCUT2D eigenvalue weighted by molar-refractivity contribution is -0.136. The second-order valence-electron chi connectivity index (χ2n) is 13.8. The molecule has 54 heavy (non-hydrogen) atoms. The molecule has 0 radical (unpaired) electrons. The number of amides is 5. The maximum absolute atomic E-state index is 13.4. The van der Waals surface area contributed by atoms with Gasteiger partial charge in [0.05, 0.1) is 23.3 Å². The number of hydrogen-bond acceptors (Lipinski definition) is 10. The maximum atomic E-state index is 13.4. The van der Waals surface area contributed by atoms with Crippen molar-refractivity contribution in [2.24, 2.45) is 4.99 Å². The number of halogens is 1. The Hall–Kier alpha value is -5.34. The third kappa shape index (κ3) is 7.03. The first-order chi connectivity index (χ1) is 25.9. The monoisotopic (exact) mass is 767 g/mol. The first-order valence-electron chi connectivity index (χ1n) is 17.9.